The van der Waals surface area contributed by atoms with E-state index < -0.39 is 0 Å². The van der Waals surface area contributed by atoms with Gasteiger partial charge in [0.25, 0.3) is 0 Å². The van der Waals surface area contributed by atoms with Gasteiger partial charge in [-0.3, -0.25) is 0 Å². The zero-order valence-corrected chi connectivity index (χ0v) is 6.36. The van der Waals surface area contributed by atoms with Crippen LogP contribution in [0.1, 0.15) is 11.1 Å². The molecule has 2 nitrogen and oxygen atoms in total. The van der Waals surface area contributed by atoms with Crippen molar-refractivity contribution in [3.8, 4) is 0 Å². The summed E-state index contributed by atoms with van der Waals surface area (Å²) in [6.45, 7) is 1.89. The average molecular weight is 188 g/mol. The zero-order chi connectivity index (χ0) is 6.27. The van der Waals surface area contributed by atoms with Gasteiger partial charge in [-0.2, -0.15) is 0 Å². The zero-order valence-electron chi connectivity index (χ0n) is 4.78. The Balaban J connectivity index is 2.56. The molecular formula is C6H6BrNO. The quantitative estimate of drug-likeness (QED) is 0.669. The molecule has 0 spiro atoms. The molecule has 0 radical (unpaired) electrons. The second kappa shape index (κ2) is 1.85. The molecule has 0 fully saturated rings. The lowest BCUT2D eigenvalue weighted by atomic mass is 10.2. The molecule has 1 aromatic heterocycles. The van der Waals surface area contributed by atoms with Gasteiger partial charge in [0.2, 0.25) is 0 Å². The first kappa shape index (κ1) is 5.50. The van der Waals surface area contributed by atoms with Gasteiger partial charge in [0, 0.05) is 24.2 Å². The molecule has 2 heterocycles. The van der Waals surface area contributed by atoms with Crippen LogP contribution in [-0.4, -0.2) is 0 Å². The Hall–Kier alpha value is -0.280. The van der Waals surface area contributed by atoms with E-state index in [2.05, 4.69) is 21.2 Å². The molecule has 0 atom stereocenters. The molecule has 0 saturated heterocycles. The van der Waals surface area contributed by atoms with E-state index in [9.17, 15) is 0 Å². The molecule has 0 amide bonds. The Morgan fingerprint density at radius 1 is 1.56 bits per heavy atom. The van der Waals surface area contributed by atoms with Crippen LogP contribution in [0.5, 0.6) is 0 Å². The molecule has 1 aliphatic rings. The van der Waals surface area contributed by atoms with Crippen molar-refractivity contribution in [2.24, 2.45) is 0 Å². The number of hydrogen-bond donors (Lipinski definition) is 1. The molecule has 48 valence electrons. The summed E-state index contributed by atoms with van der Waals surface area (Å²) in [4.78, 5) is 0. The summed E-state index contributed by atoms with van der Waals surface area (Å²) >= 11 is 3.31. The third kappa shape index (κ3) is 0.721. The highest BCUT2D eigenvalue weighted by Crippen LogP contribution is 2.25. The first-order valence-corrected chi connectivity index (χ1v) is 3.62. The molecule has 0 unspecified atom stereocenters. The third-order valence-electron chi connectivity index (χ3n) is 1.55. The van der Waals surface area contributed by atoms with Gasteiger partial charge in [-0.25, -0.2) is 0 Å². The molecule has 0 aliphatic carbocycles. The minimum Gasteiger partial charge on any atom is -0.457 e. The number of furan rings is 1. The van der Waals surface area contributed by atoms with E-state index in [1.54, 1.807) is 6.26 Å². The summed E-state index contributed by atoms with van der Waals surface area (Å²) in [5.41, 5.74) is 2.55. The van der Waals surface area contributed by atoms with Gasteiger partial charge in [0.05, 0.1) is 6.26 Å². The van der Waals surface area contributed by atoms with E-state index in [0.29, 0.717) is 0 Å². The van der Waals surface area contributed by atoms with Crippen LogP contribution in [0.4, 0.5) is 0 Å². The van der Waals surface area contributed by atoms with Crippen molar-refractivity contribution in [2.45, 2.75) is 13.1 Å². The van der Waals surface area contributed by atoms with Crippen molar-refractivity contribution in [1.29, 1.82) is 0 Å². The lowest BCUT2D eigenvalue weighted by Crippen LogP contribution is -2.00. The predicted octanol–water partition coefficient (Wildman–Crippen LogP) is 1.65. The van der Waals surface area contributed by atoms with Crippen molar-refractivity contribution in [1.82, 2.24) is 5.32 Å². The summed E-state index contributed by atoms with van der Waals surface area (Å²) < 4.78 is 5.99. The second-order valence-electron chi connectivity index (χ2n) is 2.12. The maximum Gasteiger partial charge on any atom is 0.173 e. The summed E-state index contributed by atoms with van der Waals surface area (Å²) in [7, 11) is 0. The smallest absolute Gasteiger partial charge is 0.173 e. The first-order valence-electron chi connectivity index (χ1n) is 2.83. The Labute approximate surface area is 61.4 Å². The molecule has 3 heteroatoms. The molecule has 9 heavy (non-hydrogen) atoms. The molecule has 1 aromatic rings. The number of nitrogens with one attached hydrogen (secondary N) is 1. The molecule has 1 N–H and O–H groups in total. The highest BCUT2D eigenvalue weighted by atomic mass is 79.9. The monoisotopic (exact) mass is 187 g/mol. The van der Waals surface area contributed by atoms with Crippen LogP contribution in [0, 0.1) is 0 Å². The van der Waals surface area contributed by atoms with Crippen LogP contribution >= 0.6 is 15.9 Å². The maximum absolute atomic E-state index is 5.11. The van der Waals surface area contributed by atoms with Crippen molar-refractivity contribution < 1.29 is 4.42 Å². The predicted molar refractivity (Wildman–Crippen MR) is 37.0 cm³/mol. The molecule has 2 rings (SSSR count). The fraction of sp³-hybridized carbons (Fsp3) is 0.333. The summed E-state index contributed by atoms with van der Waals surface area (Å²) in [5.74, 6) is 0. The number of halogens is 1. The number of hydrogen-bond acceptors (Lipinski definition) is 2. The fourth-order valence-corrected chi connectivity index (χ4v) is 1.53. The molecular weight excluding hydrogens is 182 g/mol. The SMILES string of the molecule is Brc1occ2c1CNC2. The maximum atomic E-state index is 5.11. The van der Waals surface area contributed by atoms with Gasteiger partial charge in [0.1, 0.15) is 0 Å². The molecule has 0 saturated carbocycles. The van der Waals surface area contributed by atoms with Crippen LogP contribution in [0.3, 0.4) is 0 Å². The minimum atomic E-state index is 0.877. The molecule has 1 aliphatic heterocycles. The number of rotatable bonds is 0. The van der Waals surface area contributed by atoms with Gasteiger partial charge in [-0.05, 0) is 15.9 Å². The Morgan fingerprint density at radius 3 is 3.22 bits per heavy atom. The van der Waals surface area contributed by atoms with E-state index >= 15 is 0 Å². The minimum absolute atomic E-state index is 0.877. The fourth-order valence-electron chi connectivity index (χ4n) is 1.04. The highest BCUT2D eigenvalue weighted by Gasteiger charge is 2.15. The Morgan fingerprint density at radius 2 is 2.44 bits per heavy atom. The van der Waals surface area contributed by atoms with Crippen LogP contribution < -0.4 is 5.32 Å². The molecule has 0 aromatic carbocycles. The van der Waals surface area contributed by atoms with Gasteiger partial charge >= 0.3 is 0 Å². The van der Waals surface area contributed by atoms with Crippen LogP contribution in [-0.2, 0) is 13.1 Å². The van der Waals surface area contributed by atoms with E-state index in [1.165, 1.54) is 11.1 Å². The van der Waals surface area contributed by atoms with Gasteiger partial charge in [-0.1, -0.05) is 0 Å². The topological polar surface area (TPSA) is 25.2 Å². The van der Waals surface area contributed by atoms with E-state index in [-0.39, 0.29) is 0 Å². The van der Waals surface area contributed by atoms with Gasteiger partial charge < -0.3 is 9.73 Å². The third-order valence-corrected chi connectivity index (χ3v) is 2.21. The van der Waals surface area contributed by atoms with E-state index in [0.717, 1.165) is 17.8 Å². The Bertz CT molecular complexity index is 231. The van der Waals surface area contributed by atoms with Crippen molar-refractivity contribution in [2.75, 3.05) is 0 Å². The van der Waals surface area contributed by atoms with Crippen LogP contribution in [0.2, 0.25) is 0 Å². The first-order chi connectivity index (χ1) is 4.38. The Kier molecular flexibility index (Phi) is 1.13. The normalized spacial score (nSPS) is 16.1. The largest absolute Gasteiger partial charge is 0.457 e. The van der Waals surface area contributed by atoms with Crippen molar-refractivity contribution in [3.63, 3.8) is 0 Å². The standard InChI is InChI=1S/C6H6BrNO/c7-6-5-2-8-1-4(5)3-9-6/h3,8H,1-2H2. The molecule has 0 bridgehead atoms. The summed E-state index contributed by atoms with van der Waals surface area (Å²) in [6, 6.07) is 0. The van der Waals surface area contributed by atoms with Gasteiger partial charge in [-0.15, -0.1) is 0 Å². The highest BCUT2D eigenvalue weighted by molar-refractivity contribution is 9.10. The van der Waals surface area contributed by atoms with E-state index in [1.807, 2.05) is 0 Å². The second-order valence-corrected chi connectivity index (χ2v) is 2.84. The van der Waals surface area contributed by atoms with E-state index in [4.69, 9.17) is 4.42 Å². The van der Waals surface area contributed by atoms with Crippen molar-refractivity contribution >= 4 is 15.9 Å². The summed E-state index contributed by atoms with van der Waals surface area (Å²) in [6.07, 6.45) is 1.79. The van der Waals surface area contributed by atoms with Gasteiger partial charge in [0.15, 0.2) is 4.67 Å². The van der Waals surface area contributed by atoms with Crippen molar-refractivity contribution in [3.05, 3.63) is 22.1 Å². The van der Waals surface area contributed by atoms with Crippen LogP contribution in [0.25, 0.3) is 0 Å². The summed E-state index contributed by atoms with van der Waals surface area (Å²) in [5, 5.41) is 3.22. The number of fused-ring (bicyclic) bond motifs is 1. The lowest BCUT2D eigenvalue weighted by Gasteiger charge is -1.86. The van der Waals surface area contributed by atoms with Crippen LogP contribution in [0.15, 0.2) is 15.3 Å². The average Bonchev–Trinajstić information content (AvgIpc) is 2.35. The lowest BCUT2D eigenvalue weighted by molar-refractivity contribution is 0.525.